The normalized spacial score (nSPS) is 16.0. The van der Waals surface area contributed by atoms with Crippen LogP contribution in [0.1, 0.15) is 27.7 Å². The van der Waals surface area contributed by atoms with Gasteiger partial charge in [-0.15, -0.1) is 11.3 Å². The number of thiazole rings is 1. The fourth-order valence-corrected chi connectivity index (χ4v) is 4.73. The minimum absolute atomic E-state index is 0.0417. The quantitative estimate of drug-likeness (QED) is 0.390. The van der Waals surface area contributed by atoms with Gasteiger partial charge < -0.3 is 4.42 Å². The lowest BCUT2D eigenvalue weighted by molar-refractivity contribution is 0.0971. The van der Waals surface area contributed by atoms with Crippen LogP contribution in [-0.2, 0) is 0 Å². The van der Waals surface area contributed by atoms with Gasteiger partial charge in [0.1, 0.15) is 5.58 Å². The number of halogens is 2. The highest BCUT2D eigenvalue weighted by Crippen LogP contribution is 2.42. The van der Waals surface area contributed by atoms with Gasteiger partial charge in [-0.05, 0) is 35.9 Å². The predicted octanol–water partition coefficient (Wildman–Crippen LogP) is 5.42. The molecule has 0 aliphatic carbocycles. The van der Waals surface area contributed by atoms with Crippen LogP contribution in [0.4, 0.5) is 5.13 Å². The van der Waals surface area contributed by atoms with Crippen molar-refractivity contribution >= 4 is 60.9 Å². The van der Waals surface area contributed by atoms with Crippen LogP contribution in [0, 0.1) is 0 Å². The van der Waals surface area contributed by atoms with Crippen molar-refractivity contribution in [3.63, 3.8) is 0 Å². The largest absolute Gasteiger partial charge is 0.450 e. The van der Waals surface area contributed by atoms with E-state index in [1.807, 2.05) is 24.3 Å². The smallest absolute Gasteiger partial charge is 0.297 e. The van der Waals surface area contributed by atoms with Crippen molar-refractivity contribution in [2.45, 2.75) is 6.04 Å². The van der Waals surface area contributed by atoms with Crippen molar-refractivity contribution in [1.29, 1.82) is 0 Å². The average Bonchev–Trinajstić information content (AvgIpc) is 3.29. The third kappa shape index (κ3) is 2.62. The SMILES string of the molecule is O=C1c2oc3ccc(Cl)cc3c(=O)c2[C@@H](c2cccc(Br)c2)N1c1nccs1. The van der Waals surface area contributed by atoms with Crippen molar-refractivity contribution in [2.24, 2.45) is 0 Å². The first-order chi connectivity index (χ1) is 13.5. The van der Waals surface area contributed by atoms with E-state index in [1.54, 1.807) is 29.8 Å². The van der Waals surface area contributed by atoms with E-state index in [2.05, 4.69) is 20.9 Å². The van der Waals surface area contributed by atoms with Crippen LogP contribution >= 0.6 is 38.9 Å². The molecule has 138 valence electrons. The molecule has 5 nitrogen and oxygen atoms in total. The number of hydrogen-bond acceptors (Lipinski definition) is 5. The standard InChI is InChI=1S/C20H10BrClN2O3S/c21-11-3-1-2-10(8-11)16-15-17(25)13-9-12(22)4-5-14(13)27-18(15)19(26)24(16)20-23-6-7-28-20/h1-9,16H/t16-/m1/s1. The number of carbonyl (C=O) groups is 1. The zero-order chi connectivity index (χ0) is 19.4. The number of benzene rings is 2. The van der Waals surface area contributed by atoms with Gasteiger partial charge in [-0.3, -0.25) is 14.5 Å². The Balaban J connectivity index is 1.85. The number of fused-ring (bicyclic) bond motifs is 2. The van der Waals surface area contributed by atoms with E-state index in [-0.39, 0.29) is 17.1 Å². The Bertz CT molecular complexity index is 1300. The third-order valence-electron chi connectivity index (χ3n) is 4.62. The number of amides is 1. The lowest BCUT2D eigenvalue weighted by Gasteiger charge is -2.22. The van der Waals surface area contributed by atoms with Crippen LogP contribution in [-0.4, -0.2) is 10.9 Å². The Labute approximate surface area is 176 Å². The highest BCUT2D eigenvalue weighted by Gasteiger charge is 2.44. The number of rotatable bonds is 2. The van der Waals surface area contributed by atoms with Gasteiger partial charge in [-0.1, -0.05) is 39.7 Å². The van der Waals surface area contributed by atoms with Gasteiger partial charge in [-0.25, -0.2) is 4.98 Å². The van der Waals surface area contributed by atoms with E-state index in [4.69, 9.17) is 16.0 Å². The highest BCUT2D eigenvalue weighted by atomic mass is 79.9. The van der Waals surface area contributed by atoms with Gasteiger partial charge in [0.25, 0.3) is 5.91 Å². The molecule has 0 N–H and O–H groups in total. The number of aromatic nitrogens is 1. The third-order valence-corrected chi connectivity index (χ3v) is 6.12. The summed E-state index contributed by atoms with van der Waals surface area (Å²) in [6, 6.07) is 11.7. The molecule has 8 heteroatoms. The van der Waals surface area contributed by atoms with E-state index in [9.17, 15) is 9.59 Å². The molecule has 5 rings (SSSR count). The molecule has 0 bridgehead atoms. The molecule has 0 unspecified atom stereocenters. The predicted molar refractivity (Wildman–Crippen MR) is 112 cm³/mol. The number of nitrogens with zero attached hydrogens (tertiary/aromatic N) is 2. The molecule has 0 saturated carbocycles. The molecular weight excluding hydrogens is 464 g/mol. The average molecular weight is 474 g/mol. The summed E-state index contributed by atoms with van der Waals surface area (Å²) in [6.45, 7) is 0. The molecule has 1 atom stereocenters. The molecule has 1 aliphatic rings. The molecule has 3 heterocycles. The maximum absolute atomic E-state index is 13.4. The maximum atomic E-state index is 13.4. The summed E-state index contributed by atoms with van der Waals surface area (Å²) in [5.41, 5.74) is 1.14. The Hall–Kier alpha value is -2.48. The molecule has 0 saturated heterocycles. The number of carbonyl (C=O) groups excluding carboxylic acids is 1. The highest BCUT2D eigenvalue weighted by molar-refractivity contribution is 9.10. The molecule has 0 spiro atoms. The van der Waals surface area contributed by atoms with Crippen molar-refractivity contribution in [3.8, 4) is 0 Å². The van der Waals surface area contributed by atoms with Crippen molar-refractivity contribution < 1.29 is 9.21 Å². The second-order valence-corrected chi connectivity index (χ2v) is 8.49. The van der Waals surface area contributed by atoms with Gasteiger partial charge in [0.15, 0.2) is 10.6 Å². The zero-order valence-electron chi connectivity index (χ0n) is 14.1. The Kier molecular flexibility index (Phi) is 4.12. The first-order valence-electron chi connectivity index (χ1n) is 8.29. The van der Waals surface area contributed by atoms with Crippen molar-refractivity contribution in [3.05, 3.63) is 90.6 Å². The topological polar surface area (TPSA) is 63.4 Å². The van der Waals surface area contributed by atoms with E-state index in [0.29, 0.717) is 26.7 Å². The first kappa shape index (κ1) is 17.6. The maximum Gasteiger partial charge on any atom is 0.297 e. The number of anilines is 1. The van der Waals surface area contributed by atoms with Crippen molar-refractivity contribution in [1.82, 2.24) is 4.98 Å². The molecule has 1 amide bonds. The Morgan fingerprint density at radius 2 is 2.04 bits per heavy atom. The fraction of sp³-hybridized carbons (Fsp3) is 0.0500. The number of hydrogen-bond donors (Lipinski definition) is 0. The summed E-state index contributed by atoms with van der Waals surface area (Å²) in [5.74, 6) is -0.344. The molecule has 2 aromatic heterocycles. The summed E-state index contributed by atoms with van der Waals surface area (Å²) < 4.78 is 6.72. The first-order valence-corrected chi connectivity index (χ1v) is 10.3. The van der Waals surface area contributed by atoms with Crippen LogP contribution in [0.5, 0.6) is 0 Å². The van der Waals surface area contributed by atoms with Crippen LogP contribution in [0.2, 0.25) is 5.02 Å². The lowest BCUT2D eigenvalue weighted by atomic mass is 9.99. The van der Waals surface area contributed by atoms with Gasteiger partial charge in [0.2, 0.25) is 5.76 Å². The summed E-state index contributed by atoms with van der Waals surface area (Å²) in [6.07, 6.45) is 1.62. The van der Waals surface area contributed by atoms with E-state index < -0.39 is 6.04 Å². The van der Waals surface area contributed by atoms with Gasteiger partial charge in [0, 0.05) is 21.1 Å². The van der Waals surface area contributed by atoms with Crippen LogP contribution in [0.3, 0.4) is 0 Å². The fourth-order valence-electron chi connectivity index (χ4n) is 3.47. The monoisotopic (exact) mass is 472 g/mol. The molecule has 1 aliphatic heterocycles. The van der Waals surface area contributed by atoms with E-state index >= 15 is 0 Å². The molecule has 2 aromatic carbocycles. The van der Waals surface area contributed by atoms with Crippen LogP contribution in [0.15, 0.2) is 67.7 Å². The summed E-state index contributed by atoms with van der Waals surface area (Å²) in [7, 11) is 0. The molecule has 0 fully saturated rings. The van der Waals surface area contributed by atoms with Gasteiger partial charge >= 0.3 is 0 Å². The second kappa shape index (κ2) is 6.55. The molecular formula is C20H10BrClN2O3S. The Morgan fingerprint density at radius 1 is 1.18 bits per heavy atom. The minimum Gasteiger partial charge on any atom is -0.450 e. The Morgan fingerprint density at radius 3 is 2.79 bits per heavy atom. The summed E-state index contributed by atoms with van der Waals surface area (Å²) in [4.78, 5) is 32.4. The van der Waals surface area contributed by atoms with Gasteiger partial charge in [-0.2, -0.15) is 0 Å². The molecule has 4 aromatic rings. The van der Waals surface area contributed by atoms with E-state index in [1.165, 1.54) is 16.2 Å². The van der Waals surface area contributed by atoms with Crippen molar-refractivity contribution in [2.75, 3.05) is 4.90 Å². The molecule has 28 heavy (non-hydrogen) atoms. The van der Waals surface area contributed by atoms with E-state index in [0.717, 1.165) is 10.0 Å². The summed E-state index contributed by atoms with van der Waals surface area (Å²) in [5, 5.41) is 3.07. The molecule has 0 radical (unpaired) electrons. The van der Waals surface area contributed by atoms with Crippen LogP contribution in [0.25, 0.3) is 11.0 Å². The van der Waals surface area contributed by atoms with Gasteiger partial charge in [0.05, 0.1) is 17.0 Å². The minimum atomic E-state index is -0.634. The van der Waals surface area contributed by atoms with Crippen LogP contribution < -0.4 is 10.3 Å². The lowest BCUT2D eigenvalue weighted by Crippen LogP contribution is -2.29. The second-order valence-electron chi connectivity index (χ2n) is 6.26. The summed E-state index contributed by atoms with van der Waals surface area (Å²) >= 11 is 10.9. The zero-order valence-corrected chi connectivity index (χ0v) is 17.2.